The molecule has 0 aliphatic rings. The minimum Gasteiger partial charge on any atom is -0.322 e. The van der Waals surface area contributed by atoms with Crippen molar-refractivity contribution in [2.24, 2.45) is 0 Å². The van der Waals surface area contributed by atoms with E-state index in [1.807, 2.05) is 6.07 Å². The lowest BCUT2D eigenvalue weighted by Crippen LogP contribution is -2.45. The summed E-state index contributed by atoms with van der Waals surface area (Å²) in [4.78, 5) is 12.9. The zero-order valence-corrected chi connectivity index (χ0v) is 18.2. The highest BCUT2D eigenvalue weighted by Crippen LogP contribution is 2.16. The maximum absolute atomic E-state index is 13.9. The number of hydrogen-bond donors (Lipinski definition) is 2. The van der Waals surface area contributed by atoms with E-state index in [9.17, 15) is 17.6 Å². The second-order valence-electron chi connectivity index (χ2n) is 6.29. The van der Waals surface area contributed by atoms with E-state index < -0.39 is 27.8 Å². The first-order chi connectivity index (χ1) is 13.8. The molecule has 0 bridgehead atoms. The van der Waals surface area contributed by atoms with Crippen LogP contribution in [-0.4, -0.2) is 20.4 Å². The van der Waals surface area contributed by atoms with E-state index >= 15 is 0 Å². The molecule has 0 spiro atoms. The lowest BCUT2D eigenvalue weighted by atomic mass is 10.1. The number of carbonyl (C=O) groups is 1. The predicted molar refractivity (Wildman–Crippen MR) is 118 cm³/mol. The van der Waals surface area contributed by atoms with Gasteiger partial charge in [-0.2, -0.15) is 4.72 Å². The van der Waals surface area contributed by atoms with E-state index in [0.717, 1.165) is 9.13 Å². The van der Waals surface area contributed by atoms with Gasteiger partial charge in [0.2, 0.25) is 15.9 Å². The zero-order valence-electron chi connectivity index (χ0n) is 15.2. The molecule has 0 saturated heterocycles. The fraction of sp³-hybridized carbons (Fsp3) is 0.0952. The maximum Gasteiger partial charge on any atom is 0.242 e. The van der Waals surface area contributed by atoms with E-state index in [1.165, 1.54) is 30.3 Å². The number of benzene rings is 3. The Labute approximate surface area is 182 Å². The molecule has 0 saturated carbocycles. The number of halogens is 2. The largest absolute Gasteiger partial charge is 0.322 e. The van der Waals surface area contributed by atoms with Gasteiger partial charge in [-0.05, 0) is 71.0 Å². The molecular weight excluding hydrogens is 506 g/mol. The third-order valence-corrected chi connectivity index (χ3v) is 6.36. The monoisotopic (exact) mass is 524 g/mol. The van der Waals surface area contributed by atoms with Crippen LogP contribution in [0.25, 0.3) is 0 Å². The minimum atomic E-state index is -3.95. The molecule has 1 atom stereocenters. The van der Waals surface area contributed by atoms with Gasteiger partial charge in [-0.25, -0.2) is 12.8 Å². The number of anilines is 1. The summed E-state index contributed by atoms with van der Waals surface area (Å²) in [5, 5.41) is 2.47. The lowest BCUT2D eigenvalue weighted by Gasteiger charge is -2.19. The van der Waals surface area contributed by atoms with Crippen LogP contribution in [0.2, 0.25) is 0 Å². The molecule has 3 aromatic carbocycles. The normalized spacial score (nSPS) is 12.3. The van der Waals surface area contributed by atoms with Gasteiger partial charge < -0.3 is 5.32 Å². The van der Waals surface area contributed by atoms with Crippen LogP contribution in [0.15, 0.2) is 83.8 Å². The van der Waals surface area contributed by atoms with E-state index in [2.05, 4.69) is 32.6 Å². The average Bonchev–Trinajstić information content (AvgIpc) is 2.70. The third-order valence-electron chi connectivity index (χ3n) is 4.15. The second kappa shape index (κ2) is 9.47. The van der Waals surface area contributed by atoms with Crippen molar-refractivity contribution >= 4 is 44.2 Å². The van der Waals surface area contributed by atoms with Gasteiger partial charge in [0.05, 0.1) is 10.6 Å². The Morgan fingerprint density at radius 2 is 1.55 bits per heavy atom. The highest BCUT2D eigenvalue weighted by Gasteiger charge is 2.26. The Morgan fingerprint density at radius 1 is 0.931 bits per heavy atom. The topological polar surface area (TPSA) is 75.3 Å². The van der Waals surface area contributed by atoms with Gasteiger partial charge >= 0.3 is 0 Å². The number of nitrogens with one attached hydrogen (secondary N) is 2. The van der Waals surface area contributed by atoms with Crippen LogP contribution in [0.3, 0.4) is 0 Å². The number of hydrogen-bond acceptors (Lipinski definition) is 3. The zero-order chi connectivity index (χ0) is 20.9. The first kappa shape index (κ1) is 21.4. The number of sulfonamides is 1. The van der Waals surface area contributed by atoms with Crippen molar-refractivity contribution in [1.82, 2.24) is 4.72 Å². The van der Waals surface area contributed by atoms with Crippen LogP contribution in [0.4, 0.5) is 10.1 Å². The summed E-state index contributed by atoms with van der Waals surface area (Å²) >= 11 is 2.08. The molecule has 8 heteroatoms. The van der Waals surface area contributed by atoms with E-state index in [-0.39, 0.29) is 17.0 Å². The van der Waals surface area contributed by atoms with Gasteiger partial charge in [-0.15, -0.1) is 0 Å². The Bertz CT molecular complexity index is 1090. The molecule has 0 heterocycles. The Hall–Kier alpha value is -2.30. The van der Waals surface area contributed by atoms with Crippen LogP contribution in [-0.2, 0) is 21.2 Å². The quantitative estimate of drug-likeness (QED) is 0.460. The molecule has 0 fully saturated rings. The van der Waals surface area contributed by atoms with Crippen molar-refractivity contribution in [2.45, 2.75) is 17.4 Å². The molecule has 1 amide bonds. The second-order valence-corrected chi connectivity index (χ2v) is 9.25. The highest BCUT2D eigenvalue weighted by molar-refractivity contribution is 14.1. The average molecular weight is 524 g/mol. The summed E-state index contributed by atoms with van der Waals surface area (Å²) in [6.07, 6.45) is 0.116. The van der Waals surface area contributed by atoms with Gasteiger partial charge in [0.1, 0.15) is 11.9 Å². The van der Waals surface area contributed by atoms with Crippen LogP contribution in [0, 0.1) is 9.39 Å². The summed E-state index contributed by atoms with van der Waals surface area (Å²) in [6, 6.07) is 19.9. The molecule has 0 aliphatic heterocycles. The molecule has 0 unspecified atom stereocenters. The molecule has 3 rings (SSSR count). The number of rotatable bonds is 7. The molecule has 3 aromatic rings. The van der Waals surface area contributed by atoms with Crippen molar-refractivity contribution in [1.29, 1.82) is 0 Å². The van der Waals surface area contributed by atoms with Gasteiger partial charge in [-0.3, -0.25) is 4.79 Å². The van der Waals surface area contributed by atoms with Crippen molar-refractivity contribution < 1.29 is 17.6 Å². The molecule has 0 aromatic heterocycles. The van der Waals surface area contributed by atoms with Crippen LogP contribution in [0.1, 0.15) is 5.56 Å². The van der Waals surface area contributed by atoms with Crippen molar-refractivity contribution in [3.63, 3.8) is 0 Å². The van der Waals surface area contributed by atoms with E-state index in [4.69, 9.17) is 0 Å². The van der Waals surface area contributed by atoms with Crippen molar-refractivity contribution in [2.75, 3.05) is 5.32 Å². The van der Waals surface area contributed by atoms with Crippen molar-refractivity contribution in [3.8, 4) is 0 Å². The smallest absolute Gasteiger partial charge is 0.242 e. The van der Waals surface area contributed by atoms with Crippen LogP contribution in [0.5, 0.6) is 0 Å². The number of carbonyl (C=O) groups excluding carboxylic acids is 1. The van der Waals surface area contributed by atoms with Gasteiger partial charge in [-0.1, -0.05) is 42.5 Å². The first-order valence-corrected chi connectivity index (χ1v) is 11.3. The maximum atomic E-state index is 13.9. The van der Waals surface area contributed by atoms with Gasteiger partial charge in [0.25, 0.3) is 0 Å². The summed E-state index contributed by atoms with van der Waals surface area (Å²) < 4.78 is 42.9. The first-order valence-electron chi connectivity index (χ1n) is 8.72. The van der Waals surface area contributed by atoms with Crippen molar-refractivity contribution in [3.05, 3.63) is 93.8 Å². The molecule has 0 radical (unpaired) electrons. The molecule has 5 nitrogen and oxygen atoms in total. The highest BCUT2D eigenvalue weighted by atomic mass is 127. The summed E-state index contributed by atoms with van der Waals surface area (Å²) in [6.45, 7) is 0. The van der Waals surface area contributed by atoms with Gasteiger partial charge in [0.15, 0.2) is 0 Å². The predicted octanol–water partition coefficient (Wildman–Crippen LogP) is 3.96. The lowest BCUT2D eigenvalue weighted by molar-refractivity contribution is -0.117. The van der Waals surface area contributed by atoms with Crippen LogP contribution < -0.4 is 10.0 Å². The molecule has 29 heavy (non-hydrogen) atoms. The van der Waals surface area contributed by atoms with Crippen LogP contribution >= 0.6 is 22.6 Å². The van der Waals surface area contributed by atoms with Gasteiger partial charge in [0, 0.05) is 3.57 Å². The Kier molecular flexibility index (Phi) is 6.99. The SMILES string of the molecule is O=C(Nc1ccccc1F)[C@H](Cc1ccccc1)NS(=O)(=O)c1ccc(I)cc1. The minimum absolute atomic E-state index is 0.0102. The van der Waals surface area contributed by atoms with E-state index in [0.29, 0.717) is 0 Å². The molecule has 0 aliphatic carbocycles. The Balaban J connectivity index is 1.87. The number of amides is 1. The third kappa shape index (κ3) is 5.84. The molecule has 150 valence electrons. The van der Waals surface area contributed by atoms with E-state index in [1.54, 1.807) is 42.5 Å². The fourth-order valence-electron chi connectivity index (χ4n) is 2.69. The molecular formula is C21H18FIN2O3S. The summed E-state index contributed by atoms with van der Waals surface area (Å²) in [5.41, 5.74) is 0.760. The molecule has 2 N–H and O–H groups in total. The summed E-state index contributed by atoms with van der Waals surface area (Å²) in [7, 11) is -3.95. The standard InChI is InChI=1S/C21H18FIN2O3S/c22-18-8-4-5-9-19(18)24-21(26)20(14-15-6-2-1-3-7-15)25-29(27,28)17-12-10-16(23)11-13-17/h1-13,20,25H,14H2,(H,24,26)/t20-/m0/s1. The Morgan fingerprint density at radius 3 is 2.21 bits per heavy atom. The summed E-state index contributed by atoms with van der Waals surface area (Å²) in [5.74, 6) is -1.24. The fourth-order valence-corrected chi connectivity index (χ4v) is 4.24. The number of para-hydroxylation sites is 1.